The van der Waals surface area contributed by atoms with Gasteiger partial charge in [-0.25, -0.2) is 0 Å². The summed E-state index contributed by atoms with van der Waals surface area (Å²) < 4.78 is 12.0. The van der Waals surface area contributed by atoms with E-state index in [1.54, 1.807) is 35.5 Å². The quantitative estimate of drug-likeness (QED) is 0.563. The molecule has 1 aromatic carbocycles. The highest BCUT2D eigenvalue weighted by atomic mass is 16.5. The van der Waals surface area contributed by atoms with E-state index in [1.165, 1.54) is 0 Å². The average Bonchev–Trinajstić information content (AvgIpc) is 2.91. The fourth-order valence-electron chi connectivity index (χ4n) is 4.93. The number of amides is 2. The molecule has 0 aliphatic carbocycles. The van der Waals surface area contributed by atoms with E-state index in [-0.39, 0.29) is 42.4 Å². The molecule has 2 aromatic rings. The van der Waals surface area contributed by atoms with Crippen molar-refractivity contribution in [1.29, 1.82) is 0 Å². The first-order valence-corrected chi connectivity index (χ1v) is 13.0. The van der Waals surface area contributed by atoms with E-state index in [4.69, 9.17) is 9.47 Å². The summed E-state index contributed by atoms with van der Waals surface area (Å²) in [5.41, 5.74) is 2.03. The standard InChI is InChI=1S/C28H38N4O5/c1-19-15-32(20(2)18-33)28(35)23-5-4-6-24(30-27(34)22-9-13-36-14-10-22)26(23)37-25(19)17-31(3)16-21-7-11-29-12-8-21/h4-8,11-12,19-20,22,25,33H,9-10,13-18H2,1-3H3,(H,30,34)/t19-,20+,25+/m1/s1. The van der Waals surface area contributed by atoms with Crippen LogP contribution in [0.15, 0.2) is 42.7 Å². The Kier molecular flexibility index (Phi) is 9.13. The van der Waals surface area contributed by atoms with E-state index in [0.717, 1.165) is 12.1 Å². The zero-order chi connectivity index (χ0) is 26.4. The van der Waals surface area contributed by atoms with Crippen LogP contribution in [0.4, 0.5) is 5.69 Å². The first-order valence-electron chi connectivity index (χ1n) is 13.0. The van der Waals surface area contributed by atoms with Gasteiger partial charge in [0.05, 0.1) is 23.9 Å². The third-order valence-electron chi connectivity index (χ3n) is 7.23. The fraction of sp³-hybridized carbons (Fsp3) is 0.536. The summed E-state index contributed by atoms with van der Waals surface area (Å²) in [5.74, 6) is -0.0768. The van der Waals surface area contributed by atoms with Gasteiger partial charge in [0.1, 0.15) is 6.10 Å². The van der Waals surface area contributed by atoms with Gasteiger partial charge in [-0.1, -0.05) is 13.0 Å². The van der Waals surface area contributed by atoms with Crippen LogP contribution in [0.2, 0.25) is 0 Å². The normalized spacial score (nSPS) is 21.5. The lowest BCUT2D eigenvalue weighted by Crippen LogP contribution is -2.49. The summed E-state index contributed by atoms with van der Waals surface area (Å²) in [7, 11) is 2.04. The number of para-hydroxylation sites is 1. The van der Waals surface area contributed by atoms with Gasteiger partial charge < -0.3 is 24.8 Å². The average molecular weight is 511 g/mol. The Labute approximate surface area is 218 Å². The maximum Gasteiger partial charge on any atom is 0.258 e. The van der Waals surface area contributed by atoms with Crippen LogP contribution in [-0.4, -0.2) is 83.8 Å². The molecule has 1 fully saturated rings. The topological polar surface area (TPSA) is 104 Å². The number of ether oxygens (including phenoxy) is 2. The molecule has 0 saturated carbocycles. The van der Waals surface area contributed by atoms with Crippen molar-refractivity contribution < 1.29 is 24.2 Å². The van der Waals surface area contributed by atoms with Gasteiger partial charge in [-0.3, -0.25) is 19.5 Å². The minimum absolute atomic E-state index is 0.0229. The third kappa shape index (κ3) is 6.66. The van der Waals surface area contributed by atoms with Crippen molar-refractivity contribution in [3.05, 3.63) is 53.9 Å². The number of hydrogen-bond acceptors (Lipinski definition) is 7. The van der Waals surface area contributed by atoms with Gasteiger partial charge in [0.15, 0.2) is 5.75 Å². The molecule has 3 heterocycles. The first-order chi connectivity index (χ1) is 17.9. The Morgan fingerprint density at radius 1 is 1.24 bits per heavy atom. The minimum Gasteiger partial charge on any atom is -0.486 e. The molecule has 2 N–H and O–H groups in total. The highest BCUT2D eigenvalue weighted by molar-refractivity contribution is 6.02. The summed E-state index contributed by atoms with van der Waals surface area (Å²) in [6, 6.07) is 8.90. The number of carbonyl (C=O) groups excluding carboxylic acids is 2. The first kappa shape index (κ1) is 27.0. The molecule has 3 atom stereocenters. The van der Waals surface area contributed by atoms with Gasteiger partial charge in [0.2, 0.25) is 5.91 Å². The predicted octanol–water partition coefficient (Wildman–Crippen LogP) is 2.80. The van der Waals surface area contributed by atoms with Crippen molar-refractivity contribution in [2.75, 3.05) is 45.3 Å². The molecule has 2 aliphatic rings. The maximum atomic E-state index is 13.6. The van der Waals surface area contributed by atoms with Crippen LogP contribution >= 0.6 is 0 Å². The van der Waals surface area contributed by atoms with Gasteiger partial charge in [-0.05, 0) is 56.6 Å². The molecule has 9 nitrogen and oxygen atoms in total. The van der Waals surface area contributed by atoms with E-state index < -0.39 is 0 Å². The highest BCUT2D eigenvalue weighted by Gasteiger charge is 2.35. The van der Waals surface area contributed by atoms with E-state index in [0.29, 0.717) is 56.1 Å². The van der Waals surface area contributed by atoms with Crippen molar-refractivity contribution in [2.24, 2.45) is 11.8 Å². The van der Waals surface area contributed by atoms with E-state index in [2.05, 4.69) is 22.1 Å². The van der Waals surface area contributed by atoms with Crippen molar-refractivity contribution in [2.45, 2.75) is 45.4 Å². The van der Waals surface area contributed by atoms with Gasteiger partial charge in [-0.15, -0.1) is 0 Å². The Bertz CT molecular complexity index is 1060. The zero-order valence-corrected chi connectivity index (χ0v) is 21.9. The van der Waals surface area contributed by atoms with Crippen LogP contribution in [0.5, 0.6) is 5.75 Å². The summed E-state index contributed by atoms with van der Waals surface area (Å²) in [6.07, 6.45) is 4.64. The van der Waals surface area contributed by atoms with Crippen LogP contribution in [0, 0.1) is 11.8 Å². The smallest absolute Gasteiger partial charge is 0.258 e. The molecule has 2 aliphatic heterocycles. The molecule has 200 valence electrons. The van der Waals surface area contributed by atoms with Gasteiger partial charge in [-0.2, -0.15) is 0 Å². The number of benzene rings is 1. The summed E-state index contributed by atoms with van der Waals surface area (Å²) >= 11 is 0. The molecule has 0 bridgehead atoms. The molecule has 0 spiro atoms. The Morgan fingerprint density at radius 2 is 1.97 bits per heavy atom. The van der Waals surface area contributed by atoms with Crippen LogP contribution in [0.3, 0.4) is 0 Å². The molecular formula is C28H38N4O5. The monoisotopic (exact) mass is 510 g/mol. The van der Waals surface area contributed by atoms with Gasteiger partial charge in [0.25, 0.3) is 5.91 Å². The second-order valence-corrected chi connectivity index (χ2v) is 10.2. The Balaban J connectivity index is 1.63. The number of aromatic nitrogens is 1. The second-order valence-electron chi connectivity index (χ2n) is 10.2. The molecule has 9 heteroatoms. The third-order valence-corrected chi connectivity index (χ3v) is 7.23. The number of anilines is 1. The number of pyridine rings is 1. The molecule has 0 radical (unpaired) electrons. The molecule has 1 aromatic heterocycles. The number of aliphatic hydroxyl groups is 1. The summed E-state index contributed by atoms with van der Waals surface area (Å²) in [4.78, 5) is 34.7. The lowest BCUT2D eigenvalue weighted by Gasteiger charge is -2.38. The van der Waals surface area contributed by atoms with Crippen LogP contribution in [0.25, 0.3) is 0 Å². The minimum atomic E-state index is -0.350. The van der Waals surface area contributed by atoms with E-state index in [1.807, 2.05) is 26.1 Å². The number of hydrogen-bond donors (Lipinski definition) is 2. The maximum absolute atomic E-state index is 13.6. The lowest BCUT2D eigenvalue weighted by molar-refractivity contribution is -0.122. The van der Waals surface area contributed by atoms with Gasteiger partial charge >= 0.3 is 0 Å². The number of nitrogens with one attached hydrogen (secondary N) is 1. The molecule has 0 unspecified atom stereocenters. The number of rotatable bonds is 8. The Hall–Kier alpha value is -3.01. The summed E-state index contributed by atoms with van der Waals surface area (Å²) in [6.45, 7) is 6.68. The number of fused-ring (bicyclic) bond motifs is 1. The number of likely N-dealkylation sites (N-methyl/N-ethyl adjacent to an activating group) is 1. The molecule has 37 heavy (non-hydrogen) atoms. The van der Waals surface area contributed by atoms with Crippen molar-refractivity contribution in [1.82, 2.24) is 14.8 Å². The number of carbonyl (C=O) groups is 2. The molecule has 2 amide bonds. The summed E-state index contributed by atoms with van der Waals surface area (Å²) in [5, 5.41) is 12.9. The fourth-order valence-corrected chi connectivity index (χ4v) is 4.93. The van der Waals surface area contributed by atoms with E-state index >= 15 is 0 Å². The largest absolute Gasteiger partial charge is 0.486 e. The van der Waals surface area contributed by atoms with E-state index in [9.17, 15) is 14.7 Å². The van der Waals surface area contributed by atoms with Crippen molar-refractivity contribution in [3.8, 4) is 5.75 Å². The molecular weight excluding hydrogens is 472 g/mol. The molecule has 4 rings (SSSR count). The number of nitrogens with zero attached hydrogens (tertiary/aromatic N) is 3. The molecule has 1 saturated heterocycles. The van der Waals surface area contributed by atoms with Crippen LogP contribution in [-0.2, 0) is 16.1 Å². The highest BCUT2D eigenvalue weighted by Crippen LogP contribution is 2.35. The second kappa shape index (κ2) is 12.5. The Morgan fingerprint density at radius 3 is 2.68 bits per heavy atom. The zero-order valence-electron chi connectivity index (χ0n) is 21.9. The SMILES string of the molecule is C[C@@H]1CN([C@@H](C)CO)C(=O)c2cccc(NC(=O)C3CCOCC3)c2O[C@H]1CN(C)Cc1ccncc1. The predicted molar refractivity (Wildman–Crippen MR) is 140 cm³/mol. The van der Waals surface area contributed by atoms with Crippen LogP contribution < -0.4 is 10.1 Å². The number of aliphatic hydroxyl groups excluding tert-OH is 1. The van der Waals surface area contributed by atoms with Crippen molar-refractivity contribution in [3.63, 3.8) is 0 Å². The van der Waals surface area contributed by atoms with Crippen molar-refractivity contribution >= 4 is 17.5 Å². The lowest BCUT2D eigenvalue weighted by atomic mass is 9.98. The van der Waals surface area contributed by atoms with Crippen LogP contribution in [0.1, 0.15) is 42.6 Å². The van der Waals surface area contributed by atoms with Gasteiger partial charge in [0, 0.05) is 57.1 Å².